The zero-order chi connectivity index (χ0) is 10.6. The zero-order valence-electron chi connectivity index (χ0n) is 8.13. The molecule has 0 aliphatic rings. The maximum Gasteiger partial charge on any atom is 0.123 e. The van der Waals surface area contributed by atoms with Crippen LogP contribution in [0.1, 0.15) is 30.1 Å². The van der Waals surface area contributed by atoms with Crippen molar-refractivity contribution in [1.82, 2.24) is 0 Å². The smallest absolute Gasteiger partial charge is 0.123 e. The van der Waals surface area contributed by atoms with E-state index < -0.39 is 6.10 Å². The lowest BCUT2D eigenvalue weighted by atomic mass is 10.00. The average molecular weight is 192 g/mol. The van der Waals surface area contributed by atoms with Gasteiger partial charge in [0.2, 0.25) is 0 Å². The van der Waals surface area contributed by atoms with Crippen molar-refractivity contribution in [3.63, 3.8) is 0 Å². The van der Waals surface area contributed by atoms with Gasteiger partial charge in [0.1, 0.15) is 5.82 Å². The maximum absolute atomic E-state index is 12.9. The molecular formula is C12H13FO. The predicted octanol–water partition coefficient (Wildman–Crippen LogP) is 2.58. The minimum absolute atomic E-state index is 0.328. The Labute approximate surface area is 83.6 Å². The van der Waals surface area contributed by atoms with Gasteiger partial charge in [-0.05, 0) is 36.6 Å². The third kappa shape index (κ3) is 2.58. The van der Waals surface area contributed by atoms with Crippen LogP contribution in [0.15, 0.2) is 18.2 Å². The molecule has 1 unspecified atom stereocenters. The lowest BCUT2D eigenvalue weighted by molar-refractivity contribution is 0.168. The van der Waals surface area contributed by atoms with Crippen LogP contribution in [0.2, 0.25) is 0 Å². The number of rotatable bonds is 3. The van der Waals surface area contributed by atoms with Crippen molar-refractivity contribution in [2.75, 3.05) is 0 Å². The number of benzene rings is 1. The molecule has 1 N–H and O–H groups in total. The van der Waals surface area contributed by atoms with Crippen molar-refractivity contribution in [2.45, 2.75) is 25.9 Å². The first-order chi connectivity index (χ1) is 6.65. The molecule has 2 heteroatoms. The molecule has 0 bridgehead atoms. The van der Waals surface area contributed by atoms with Gasteiger partial charge in [0.05, 0.1) is 6.10 Å². The fraction of sp³-hybridized carbons (Fsp3) is 0.333. The number of hydrogen-bond acceptors (Lipinski definition) is 1. The minimum Gasteiger partial charge on any atom is -0.388 e. The fourth-order valence-corrected chi connectivity index (χ4v) is 1.35. The molecule has 0 amide bonds. The normalized spacial score (nSPS) is 12.1. The Balaban J connectivity index is 2.83. The minimum atomic E-state index is -0.665. The summed E-state index contributed by atoms with van der Waals surface area (Å²) < 4.78 is 12.9. The molecule has 74 valence electrons. The summed E-state index contributed by atoms with van der Waals surface area (Å²) in [6.07, 6.45) is 5.39. The molecule has 0 radical (unpaired) electrons. The highest BCUT2D eigenvalue weighted by Gasteiger charge is 2.10. The largest absolute Gasteiger partial charge is 0.388 e. The van der Waals surface area contributed by atoms with Gasteiger partial charge in [-0.2, -0.15) is 0 Å². The summed E-state index contributed by atoms with van der Waals surface area (Å²) in [5.41, 5.74) is 1.51. The van der Waals surface area contributed by atoms with Crippen molar-refractivity contribution in [1.29, 1.82) is 0 Å². The molecule has 14 heavy (non-hydrogen) atoms. The van der Waals surface area contributed by atoms with Crippen LogP contribution in [0.4, 0.5) is 4.39 Å². The average Bonchev–Trinajstić information content (AvgIpc) is 2.18. The molecule has 0 heterocycles. The molecule has 0 spiro atoms. The van der Waals surface area contributed by atoms with Crippen molar-refractivity contribution < 1.29 is 9.50 Å². The van der Waals surface area contributed by atoms with Gasteiger partial charge in [0.15, 0.2) is 0 Å². The lowest BCUT2D eigenvalue weighted by Crippen LogP contribution is -2.00. The number of aliphatic hydroxyl groups excluding tert-OH is 1. The van der Waals surface area contributed by atoms with Gasteiger partial charge in [0.25, 0.3) is 0 Å². The van der Waals surface area contributed by atoms with Crippen LogP contribution in [0.3, 0.4) is 0 Å². The van der Waals surface area contributed by atoms with Crippen molar-refractivity contribution >= 4 is 0 Å². The van der Waals surface area contributed by atoms with Crippen LogP contribution >= 0.6 is 0 Å². The SMILES string of the molecule is C#CCCC(O)c1cc(F)ccc1C. The molecule has 0 aliphatic carbocycles. The summed E-state index contributed by atoms with van der Waals surface area (Å²) >= 11 is 0. The molecule has 0 aliphatic heterocycles. The van der Waals surface area contributed by atoms with E-state index in [0.29, 0.717) is 18.4 Å². The van der Waals surface area contributed by atoms with E-state index in [1.54, 1.807) is 6.07 Å². The highest BCUT2D eigenvalue weighted by molar-refractivity contribution is 5.28. The summed E-state index contributed by atoms with van der Waals surface area (Å²) in [5, 5.41) is 9.69. The standard InChI is InChI=1S/C12H13FO/c1-3-4-5-12(14)11-8-10(13)7-6-9(11)2/h1,6-8,12,14H,4-5H2,2H3. The fourth-order valence-electron chi connectivity index (χ4n) is 1.35. The van der Waals surface area contributed by atoms with Gasteiger partial charge < -0.3 is 5.11 Å². The third-order valence-corrected chi connectivity index (χ3v) is 2.16. The van der Waals surface area contributed by atoms with Crippen LogP contribution in [0.5, 0.6) is 0 Å². The van der Waals surface area contributed by atoms with E-state index in [2.05, 4.69) is 5.92 Å². The number of aliphatic hydroxyl groups is 1. The van der Waals surface area contributed by atoms with Gasteiger partial charge in [-0.25, -0.2) is 4.39 Å². The first-order valence-corrected chi connectivity index (χ1v) is 4.52. The second-order valence-electron chi connectivity index (χ2n) is 3.26. The highest BCUT2D eigenvalue weighted by Crippen LogP contribution is 2.22. The molecule has 0 fully saturated rings. The molecule has 1 aromatic rings. The number of terminal acetylenes is 1. The van der Waals surface area contributed by atoms with E-state index in [1.165, 1.54) is 12.1 Å². The Hall–Kier alpha value is -1.33. The van der Waals surface area contributed by atoms with E-state index in [-0.39, 0.29) is 5.82 Å². The first-order valence-electron chi connectivity index (χ1n) is 4.52. The molecular weight excluding hydrogens is 179 g/mol. The van der Waals surface area contributed by atoms with Gasteiger partial charge in [-0.1, -0.05) is 6.07 Å². The van der Waals surface area contributed by atoms with Gasteiger partial charge in [-0.15, -0.1) is 12.3 Å². The summed E-state index contributed by atoms with van der Waals surface area (Å²) in [6, 6.07) is 4.40. The molecule has 0 aromatic heterocycles. The topological polar surface area (TPSA) is 20.2 Å². The van der Waals surface area contributed by atoms with E-state index in [9.17, 15) is 9.50 Å². The third-order valence-electron chi connectivity index (χ3n) is 2.16. The van der Waals surface area contributed by atoms with Crippen molar-refractivity contribution in [3.05, 3.63) is 35.1 Å². The van der Waals surface area contributed by atoms with Crippen molar-refractivity contribution in [2.24, 2.45) is 0 Å². The van der Waals surface area contributed by atoms with E-state index in [1.807, 2.05) is 6.92 Å². The van der Waals surface area contributed by atoms with Gasteiger partial charge in [-0.3, -0.25) is 0 Å². The second-order valence-corrected chi connectivity index (χ2v) is 3.26. The van der Waals surface area contributed by atoms with Crippen LogP contribution in [-0.4, -0.2) is 5.11 Å². The summed E-state index contributed by atoms with van der Waals surface area (Å²) in [4.78, 5) is 0. The number of halogens is 1. The summed E-state index contributed by atoms with van der Waals surface area (Å²) in [6.45, 7) is 1.84. The highest BCUT2D eigenvalue weighted by atomic mass is 19.1. The van der Waals surface area contributed by atoms with Crippen LogP contribution in [0.25, 0.3) is 0 Å². The summed E-state index contributed by atoms with van der Waals surface area (Å²) in [5.74, 6) is 2.12. The molecule has 1 rings (SSSR count). The zero-order valence-corrected chi connectivity index (χ0v) is 8.13. The van der Waals surface area contributed by atoms with Crippen LogP contribution < -0.4 is 0 Å². The monoisotopic (exact) mass is 192 g/mol. The molecule has 1 atom stereocenters. The van der Waals surface area contributed by atoms with E-state index >= 15 is 0 Å². The van der Waals surface area contributed by atoms with Gasteiger partial charge in [0, 0.05) is 6.42 Å². The molecule has 1 nitrogen and oxygen atoms in total. The molecule has 0 saturated heterocycles. The Bertz CT molecular complexity index is 352. The van der Waals surface area contributed by atoms with Crippen LogP contribution in [0, 0.1) is 25.1 Å². The quantitative estimate of drug-likeness (QED) is 0.730. The van der Waals surface area contributed by atoms with E-state index in [4.69, 9.17) is 6.42 Å². The Morgan fingerprint density at radius 1 is 1.57 bits per heavy atom. The molecule has 1 aromatic carbocycles. The van der Waals surface area contributed by atoms with Gasteiger partial charge >= 0.3 is 0 Å². The maximum atomic E-state index is 12.9. The second kappa shape index (κ2) is 4.78. The Morgan fingerprint density at radius 2 is 2.29 bits per heavy atom. The number of aryl methyl sites for hydroxylation is 1. The first kappa shape index (κ1) is 10.7. The Morgan fingerprint density at radius 3 is 2.93 bits per heavy atom. The Kier molecular flexibility index (Phi) is 3.67. The van der Waals surface area contributed by atoms with E-state index in [0.717, 1.165) is 5.56 Å². The number of hydrogen-bond donors (Lipinski definition) is 1. The lowest BCUT2D eigenvalue weighted by Gasteiger charge is -2.12. The molecule has 0 saturated carbocycles. The van der Waals surface area contributed by atoms with Crippen molar-refractivity contribution in [3.8, 4) is 12.3 Å². The van der Waals surface area contributed by atoms with Crippen LogP contribution in [-0.2, 0) is 0 Å². The predicted molar refractivity (Wildman–Crippen MR) is 54.2 cm³/mol. The summed E-state index contributed by atoms with van der Waals surface area (Å²) in [7, 11) is 0.